The molecule has 0 bridgehead atoms. The predicted octanol–water partition coefficient (Wildman–Crippen LogP) is 3.13. The first kappa shape index (κ1) is 15.6. The zero-order chi connectivity index (χ0) is 18.4. The van der Waals surface area contributed by atoms with Crippen LogP contribution in [0.4, 0.5) is 5.69 Å². The van der Waals surface area contributed by atoms with E-state index in [1.54, 1.807) is 17.1 Å². The molecule has 1 atom stereocenters. The Hall–Kier alpha value is -3.66. The van der Waals surface area contributed by atoms with Gasteiger partial charge in [-0.05, 0) is 42.7 Å². The Morgan fingerprint density at radius 3 is 2.93 bits per heavy atom. The van der Waals surface area contributed by atoms with Crippen LogP contribution in [0.25, 0.3) is 16.6 Å². The third-order valence-corrected chi connectivity index (χ3v) is 5.01. The molecule has 0 fully saturated rings. The highest BCUT2D eigenvalue weighted by Gasteiger charge is 2.24. The van der Waals surface area contributed by atoms with Crippen molar-refractivity contribution in [2.75, 3.05) is 5.32 Å². The van der Waals surface area contributed by atoms with E-state index >= 15 is 0 Å². The second-order valence-electron chi connectivity index (χ2n) is 6.82. The fourth-order valence-electron chi connectivity index (χ4n) is 3.71. The standard InChI is InChI=1S/C20H17N7/c1-26-12-17(11-23-26)27-19-7-16(4-2-15(19)10-24-27)25-18-5-3-14-6-13(8-21)9-22-20(14)18/h2,4,6-7,9-12,18,25H,3,5H2,1H3/t18-/m1/s1. The fourth-order valence-corrected chi connectivity index (χ4v) is 3.71. The molecule has 1 aliphatic carbocycles. The highest BCUT2D eigenvalue weighted by Crippen LogP contribution is 2.33. The summed E-state index contributed by atoms with van der Waals surface area (Å²) in [6.45, 7) is 0. The lowest BCUT2D eigenvalue weighted by atomic mass is 10.1. The Kier molecular flexibility index (Phi) is 3.44. The molecular weight excluding hydrogens is 338 g/mol. The number of fused-ring (bicyclic) bond motifs is 2. The van der Waals surface area contributed by atoms with E-state index in [4.69, 9.17) is 5.26 Å². The van der Waals surface area contributed by atoms with Crippen LogP contribution >= 0.6 is 0 Å². The normalized spacial score (nSPS) is 15.6. The number of aryl methyl sites for hydroxylation is 2. The average molecular weight is 355 g/mol. The predicted molar refractivity (Wildman–Crippen MR) is 101 cm³/mol. The molecule has 0 radical (unpaired) electrons. The van der Waals surface area contributed by atoms with Crippen molar-refractivity contribution in [3.8, 4) is 11.8 Å². The Morgan fingerprint density at radius 1 is 1.19 bits per heavy atom. The van der Waals surface area contributed by atoms with E-state index in [1.165, 1.54) is 0 Å². The van der Waals surface area contributed by atoms with Crippen molar-refractivity contribution >= 4 is 16.6 Å². The highest BCUT2D eigenvalue weighted by atomic mass is 15.3. The maximum atomic E-state index is 9.05. The summed E-state index contributed by atoms with van der Waals surface area (Å²) in [6.07, 6.45) is 9.16. The Bertz CT molecular complexity index is 1190. The highest BCUT2D eigenvalue weighted by molar-refractivity contribution is 5.83. The van der Waals surface area contributed by atoms with Crippen LogP contribution in [0.3, 0.4) is 0 Å². The number of hydrogen-bond donors (Lipinski definition) is 1. The molecule has 3 heterocycles. The Morgan fingerprint density at radius 2 is 2.11 bits per heavy atom. The molecule has 0 aliphatic heterocycles. The van der Waals surface area contributed by atoms with Crippen molar-refractivity contribution in [3.05, 3.63) is 65.9 Å². The van der Waals surface area contributed by atoms with Gasteiger partial charge in [0, 0.05) is 24.3 Å². The number of rotatable bonds is 3. The topological polar surface area (TPSA) is 84.4 Å². The number of aromatic nitrogens is 5. The average Bonchev–Trinajstić information content (AvgIpc) is 3.39. The molecule has 4 aromatic rings. The van der Waals surface area contributed by atoms with Crippen molar-refractivity contribution < 1.29 is 0 Å². The Balaban J connectivity index is 1.48. The molecule has 0 amide bonds. The lowest BCUT2D eigenvalue weighted by molar-refractivity contribution is 0.746. The summed E-state index contributed by atoms with van der Waals surface area (Å²) in [5.74, 6) is 0. The minimum Gasteiger partial charge on any atom is -0.377 e. The number of nitrogens with zero attached hydrogens (tertiary/aromatic N) is 6. The number of pyridine rings is 1. The number of nitrogens with one attached hydrogen (secondary N) is 1. The number of hydrogen-bond acceptors (Lipinski definition) is 5. The van der Waals surface area contributed by atoms with Gasteiger partial charge in [0.2, 0.25) is 0 Å². The van der Waals surface area contributed by atoms with Gasteiger partial charge < -0.3 is 5.32 Å². The summed E-state index contributed by atoms with van der Waals surface area (Å²) < 4.78 is 3.66. The summed E-state index contributed by atoms with van der Waals surface area (Å²) in [5.41, 5.74) is 5.80. The quantitative estimate of drug-likeness (QED) is 0.610. The van der Waals surface area contributed by atoms with E-state index in [0.717, 1.165) is 46.4 Å². The van der Waals surface area contributed by atoms with Crippen LogP contribution in [-0.2, 0) is 13.5 Å². The molecule has 27 heavy (non-hydrogen) atoms. The van der Waals surface area contributed by atoms with E-state index in [2.05, 4.69) is 44.8 Å². The van der Waals surface area contributed by atoms with E-state index in [9.17, 15) is 0 Å². The third kappa shape index (κ3) is 2.62. The SMILES string of the molecule is Cn1cc(-n2ncc3ccc(N[C@@H]4CCc5cc(C#N)cnc54)cc32)cn1. The smallest absolute Gasteiger partial charge is 0.103 e. The largest absolute Gasteiger partial charge is 0.377 e. The van der Waals surface area contributed by atoms with Crippen LogP contribution in [0.5, 0.6) is 0 Å². The molecule has 132 valence electrons. The molecule has 0 saturated heterocycles. The van der Waals surface area contributed by atoms with E-state index < -0.39 is 0 Å². The monoisotopic (exact) mass is 355 g/mol. The first-order valence-corrected chi connectivity index (χ1v) is 8.83. The molecule has 1 aliphatic rings. The van der Waals surface area contributed by atoms with E-state index in [-0.39, 0.29) is 6.04 Å². The van der Waals surface area contributed by atoms with Gasteiger partial charge in [-0.3, -0.25) is 9.67 Å². The van der Waals surface area contributed by atoms with Crippen LogP contribution in [0.15, 0.2) is 49.1 Å². The van der Waals surface area contributed by atoms with Gasteiger partial charge in [0.15, 0.2) is 0 Å². The van der Waals surface area contributed by atoms with Gasteiger partial charge in [0.1, 0.15) is 11.8 Å². The molecule has 0 unspecified atom stereocenters. The van der Waals surface area contributed by atoms with Gasteiger partial charge in [-0.2, -0.15) is 15.5 Å². The van der Waals surface area contributed by atoms with Gasteiger partial charge >= 0.3 is 0 Å². The number of benzene rings is 1. The molecule has 1 N–H and O–H groups in total. The van der Waals surface area contributed by atoms with Crippen molar-refractivity contribution in [2.45, 2.75) is 18.9 Å². The second kappa shape index (κ2) is 5.95. The van der Waals surface area contributed by atoms with Gasteiger partial charge in [-0.1, -0.05) is 0 Å². The summed E-state index contributed by atoms with van der Waals surface area (Å²) in [6, 6.07) is 10.5. The van der Waals surface area contributed by atoms with Gasteiger partial charge in [0.05, 0.1) is 41.4 Å². The van der Waals surface area contributed by atoms with Crippen LogP contribution in [0, 0.1) is 11.3 Å². The van der Waals surface area contributed by atoms with Gasteiger partial charge in [-0.25, -0.2) is 4.68 Å². The zero-order valence-corrected chi connectivity index (χ0v) is 14.8. The minimum absolute atomic E-state index is 0.153. The molecule has 5 rings (SSSR count). The second-order valence-corrected chi connectivity index (χ2v) is 6.82. The first-order chi connectivity index (χ1) is 13.2. The van der Waals surface area contributed by atoms with Gasteiger partial charge in [0.25, 0.3) is 0 Å². The molecule has 0 spiro atoms. The fraction of sp³-hybridized carbons (Fsp3) is 0.200. The van der Waals surface area contributed by atoms with Crippen molar-refractivity contribution in [3.63, 3.8) is 0 Å². The van der Waals surface area contributed by atoms with Gasteiger partial charge in [-0.15, -0.1) is 0 Å². The minimum atomic E-state index is 0.153. The molecular formula is C20H17N7. The van der Waals surface area contributed by atoms with Crippen LogP contribution in [0.1, 0.15) is 29.3 Å². The van der Waals surface area contributed by atoms with Crippen molar-refractivity contribution in [1.82, 2.24) is 24.5 Å². The van der Waals surface area contributed by atoms with Crippen molar-refractivity contribution in [1.29, 1.82) is 5.26 Å². The summed E-state index contributed by atoms with van der Waals surface area (Å²) in [4.78, 5) is 4.51. The molecule has 3 aromatic heterocycles. The number of anilines is 1. The number of nitriles is 1. The van der Waals surface area contributed by atoms with E-state index in [0.29, 0.717) is 5.56 Å². The molecule has 7 nitrogen and oxygen atoms in total. The zero-order valence-electron chi connectivity index (χ0n) is 14.8. The Labute approximate surface area is 155 Å². The van der Waals surface area contributed by atoms with Crippen LogP contribution < -0.4 is 5.32 Å². The molecule has 1 aromatic carbocycles. The lowest BCUT2D eigenvalue weighted by Crippen LogP contribution is -2.09. The van der Waals surface area contributed by atoms with Crippen LogP contribution in [0.2, 0.25) is 0 Å². The molecule has 0 saturated carbocycles. The maximum Gasteiger partial charge on any atom is 0.103 e. The summed E-state index contributed by atoms with van der Waals surface area (Å²) in [7, 11) is 1.89. The van der Waals surface area contributed by atoms with Crippen molar-refractivity contribution in [2.24, 2.45) is 7.05 Å². The van der Waals surface area contributed by atoms with E-state index in [1.807, 2.05) is 30.2 Å². The molecule has 7 heteroatoms. The third-order valence-electron chi connectivity index (χ3n) is 5.01. The summed E-state index contributed by atoms with van der Waals surface area (Å²) in [5, 5.41) is 22.5. The lowest BCUT2D eigenvalue weighted by Gasteiger charge is -2.15. The maximum absolute atomic E-state index is 9.05. The first-order valence-electron chi connectivity index (χ1n) is 8.83. The summed E-state index contributed by atoms with van der Waals surface area (Å²) >= 11 is 0. The van der Waals surface area contributed by atoms with Crippen LogP contribution in [-0.4, -0.2) is 24.5 Å².